The van der Waals surface area contributed by atoms with Crippen molar-refractivity contribution in [3.05, 3.63) is 30.5 Å². The average Bonchev–Trinajstić information content (AvgIpc) is 3.17. The molecule has 1 N–H and O–H groups in total. The van der Waals surface area contributed by atoms with E-state index in [-0.39, 0.29) is 4.90 Å². The maximum absolute atomic E-state index is 12.6. The first-order valence-electron chi connectivity index (χ1n) is 7.78. The van der Waals surface area contributed by atoms with Gasteiger partial charge in [0.1, 0.15) is 6.04 Å². The van der Waals surface area contributed by atoms with E-state index in [9.17, 15) is 18.3 Å². The monoisotopic (exact) mass is 336 g/mol. The van der Waals surface area contributed by atoms with Crippen molar-refractivity contribution < 1.29 is 18.3 Å². The number of hydrogen-bond acceptors (Lipinski definition) is 3. The van der Waals surface area contributed by atoms with E-state index in [1.54, 1.807) is 35.0 Å². The van der Waals surface area contributed by atoms with Gasteiger partial charge >= 0.3 is 5.97 Å². The first kappa shape index (κ1) is 16.0. The largest absolute Gasteiger partial charge is 0.480 e. The Balaban J connectivity index is 2.03. The summed E-state index contributed by atoms with van der Waals surface area (Å²) in [4.78, 5) is 11.6. The van der Waals surface area contributed by atoms with Crippen LogP contribution in [0.5, 0.6) is 0 Å². The molecule has 3 rings (SSSR count). The summed E-state index contributed by atoms with van der Waals surface area (Å²) in [5.74, 6) is -0.890. The minimum absolute atomic E-state index is 0.271. The molecule has 1 saturated heterocycles. The van der Waals surface area contributed by atoms with E-state index in [1.165, 1.54) is 4.31 Å². The fraction of sp³-hybridized carbons (Fsp3) is 0.438. The van der Waals surface area contributed by atoms with Crippen molar-refractivity contribution in [1.29, 1.82) is 0 Å². The van der Waals surface area contributed by atoms with Gasteiger partial charge in [-0.2, -0.15) is 4.31 Å². The molecule has 2 aromatic rings. The van der Waals surface area contributed by atoms with E-state index in [0.717, 1.165) is 23.7 Å². The van der Waals surface area contributed by atoms with Crippen molar-refractivity contribution in [1.82, 2.24) is 8.87 Å². The lowest BCUT2D eigenvalue weighted by Gasteiger charge is -2.16. The molecule has 23 heavy (non-hydrogen) atoms. The maximum Gasteiger partial charge on any atom is 0.326 e. The molecule has 1 atom stereocenters. The van der Waals surface area contributed by atoms with Gasteiger partial charge in [-0.1, -0.05) is 6.92 Å². The number of benzene rings is 1. The second-order valence-electron chi connectivity index (χ2n) is 5.82. The van der Waals surface area contributed by atoms with Crippen LogP contribution in [0.4, 0.5) is 0 Å². The zero-order chi connectivity index (χ0) is 16.6. The molecule has 1 aromatic carbocycles. The molecule has 1 fully saturated rings. The average molecular weight is 336 g/mol. The Hall–Kier alpha value is -1.86. The van der Waals surface area contributed by atoms with Crippen LogP contribution in [0, 0.1) is 0 Å². The highest BCUT2D eigenvalue weighted by molar-refractivity contribution is 7.89. The van der Waals surface area contributed by atoms with Gasteiger partial charge < -0.3 is 9.67 Å². The van der Waals surface area contributed by atoms with Gasteiger partial charge in [-0.05, 0) is 43.5 Å². The van der Waals surface area contributed by atoms with Crippen LogP contribution >= 0.6 is 0 Å². The van der Waals surface area contributed by atoms with Crippen molar-refractivity contribution in [2.45, 2.75) is 37.1 Å². The Kier molecular flexibility index (Phi) is 4.16. The Morgan fingerprint density at radius 2 is 1.96 bits per heavy atom. The molecule has 0 saturated carbocycles. The molecule has 6 nitrogen and oxygen atoms in total. The molecule has 0 radical (unpaired) electrons. The molecule has 1 aliphatic heterocycles. The molecule has 0 aliphatic carbocycles. The molecule has 0 bridgehead atoms. The first-order chi connectivity index (χ1) is 10.9. The number of aromatic nitrogens is 1. The minimum atomic E-state index is -3.46. The van der Waals surface area contributed by atoms with Gasteiger partial charge in [-0.15, -0.1) is 0 Å². The number of carboxylic acid groups (broad SMARTS) is 1. The molecule has 0 amide bonds. The van der Waals surface area contributed by atoms with Gasteiger partial charge in [0.25, 0.3) is 0 Å². The van der Waals surface area contributed by atoms with Gasteiger partial charge in [0.15, 0.2) is 0 Å². The maximum atomic E-state index is 12.6. The number of carboxylic acids is 1. The third kappa shape index (κ3) is 2.74. The second-order valence-corrected chi connectivity index (χ2v) is 7.76. The van der Waals surface area contributed by atoms with Crippen LogP contribution in [0.15, 0.2) is 35.4 Å². The SMILES string of the molecule is CCC(C(=O)O)n1ccc2cc(S(=O)(=O)N3CCCC3)ccc21. The number of hydrogen-bond donors (Lipinski definition) is 1. The number of rotatable bonds is 5. The highest BCUT2D eigenvalue weighted by Gasteiger charge is 2.27. The zero-order valence-electron chi connectivity index (χ0n) is 13.0. The van der Waals surface area contributed by atoms with Gasteiger partial charge in [0.05, 0.1) is 4.90 Å². The van der Waals surface area contributed by atoms with Crippen molar-refractivity contribution in [3.8, 4) is 0 Å². The number of carbonyl (C=O) groups is 1. The van der Waals surface area contributed by atoms with Crippen LogP contribution in [0.2, 0.25) is 0 Å². The van der Waals surface area contributed by atoms with Crippen LogP contribution in [0.3, 0.4) is 0 Å². The van der Waals surface area contributed by atoms with Crippen molar-refractivity contribution in [3.63, 3.8) is 0 Å². The van der Waals surface area contributed by atoms with E-state index < -0.39 is 22.0 Å². The van der Waals surface area contributed by atoms with E-state index in [4.69, 9.17) is 0 Å². The molecule has 1 unspecified atom stereocenters. The van der Waals surface area contributed by atoms with Crippen molar-refractivity contribution in [2.75, 3.05) is 13.1 Å². The predicted molar refractivity (Wildman–Crippen MR) is 86.9 cm³/mol. The normalized spacial score (nSPS) is 17.6. The Labute approximate surface area is 135 Å². The summed E-state index contributed by atoms with van der Waals surface area (Å²) in [7, 11) is -3.46. The van der Waals surface area contributed by atoms with E-state index in [2.05, 4.69) is 0 Å². The lowest BCUT2D eigenvalue weighted by molar-refractivity contribution is -0.140. The topological polar surface area (TPSA) is 79.6 Å². The number of aliphatic carboxylic acids is 1. The number of fused-ring (bicyclic) bond motifs is 1. The third-order valence-electron chi connectivity index (χ3n) is 4.40. The van der Waals surface area contributed by atoms with Gasteiger partial charge in [0, 0.05) is 30.2 Å². The Morgan fingerprint density at radius 3 is 2.57 bits per heavy atom. The number of sulfonamides is 1. The van der Waals surface area contributed by atoms with Gasteiger partial charge in [-0.25, -0.2) is 13.2 Å². The summed E-state index contributed by atoms with van der Waals surface area (Å²) in [6.45, 7) is 2.95. The standard InChI is InChI=1S/C16H20N2O4S/c1-2-14(16(19)20)18-10-7-12-11-13(5-6-15(12)18)23(21,22)17-8-3-4-9-17/h5-7,10-11,14H,2-4,8-9H2,1H3,(H,19,20). The van der Waals surface area contributed by atoms with Crippen LogP contribution in [0.1, 0.15) is 32.2 Å². The quantitative estimate of drug-likeness (QED) is 0.909. The van der Waals surface area contributed by atoms with Gasteiger partial charge in [-0.3, -0.25) is 0 Å². The summed E-state index contributed by atoms with van der Waals surface area (Å²) in [5.41, 5.74) is 0.736. The van der Waals surface area contributed by atoms with Crippen molar-refractivity contribution >= 4 is 26.9 Å². The fourth-order valence-corrected chi connectivity index (χ4v) is 4.70. The summed E-state index contributed by atoms with van der Waals surface area (Å²) < 4.78 is 28.4. The van der Waals surface area contributed by atoms with Gasteiger partial charge in [0.2, 0.25) is 10.0 Å². The molecule has 7 heteroatoms. The van der Waals surface area contributed by atoms with Crippen molar-refractivity contribution in [2.24, 2.45) is 0 Å². The highest BCUT2D eigenvalue weighted by Crippen LogP contribution is 2.27. The number of nitrogens with zero attached hydrogens (tertiary/aromatic N) is 2. The molecule has 1 aromatic heterocycles. The second kappa shape index (κ2) is 5.98. The summed E-state index contributed by atoms with van der Waals surface area (Å²) >= 11 is 0. The Morgan fingerprint density at radius 1 is 1.26 bits per heavy atom. The van der Waals surface area contributed by atoms with E-state index >= 15 is 0 Å². The zero-order valence-corrected chi connectivity index (χ0v) is 13.8. The molecule has 2 heterocycles. The van der Waals surface area contributed by atoms with Crippen LogP contribution in [-0.2, 0) is 14.8 Å². The molecule has 1 aliphatic rings. The predicted octanol–water partition coefficient (Wildman–Crippen LogP) is 2.46. The fourth-order valence-electron chi connectivity index (χ4n) is 3.14. The molecule has 124 valence electrons. The molecule has 0 spiro atoms. The molecular formula is C16H20N2O4S. The van der Waals surface area contributed by atoms with Crippen LogP contribution in [-0.4, -0.2) is 41.5 Å². The van der Waals surface area contributed by atoms with E-state index in [0.29, 0.717) is 19.5 Å². The van der Waals surface area contributed by atoms with E-state index in [1.807, 2.05) is 6.92 Å². The summed E-state index contributed by atoms with van der Waals surface area (Å²) in [6, 6.07) is 6.02. The lowest BCUT2D eigenvalue weighted by atomic mass is 10.2. The highest BCUT2D eigenvalue weighted by atomic mass is 32.2. The minimum Gasteiger partial charge on any atom is -0.480 e. The first-order valence-corrected chi connectivity index (χ1v) is 9.22. The Bertz CT molecular complexity index is 835. The van der Waals surface area contributed by atoms with Crippen LogP contribution in [0.25, 0.3) is 10.9 Å². The third-order valence-corrected chi connectivity index (χ3v) is 6.30. The van der Waals surface area contributed by atoms with Crippen LogP contribution < -0.4 is 0 Å². The smallest absolute Gasteiger partial charge is 0.326 e. The lowest BCUT2D eigenvalue weighted by Crippen LogP contribution is -2.27. The summed E-state index contributed by atoms with van der Waals surface area (Å²) in [6.07, 6.45) is 3.97. The molecular weight excluding hydrogens is 316 g/mol. The summed E-state index contributed by atoms with van der Waals surface area (Å²) in [5, 5.41) is 10.0.